The van der Waals surface area contributed by atoms with Crippen molar-refractivity contribution in [3.05, 3.63) is 83.7 Å². The summed E-state index contributed by atoms with van der Waals surface area (Å²) in [5, 5.41) is 23.3. The first kappa shape index (κ1) is 24.8. The van der Waals surface area contributed by atoms with E-state index in [-0.39, 0.29) is 24.2 Å². The highest BCUT2D eigenvalue weighted by Crippen LogP contribution is 2.46. The standard InChI is InChI=1S/C27H30FN7O2/c1-26(2,29)19-13-21(17-5-9-20(28)10-6-17)32-23(14-19)27(37,18-7-8-18)16-30-25(36)22-15-24(33-34(22)3)35-12-4-11-31-35/h4-6,9-15,18,37H,7-8,16,29H2,1-3H3,(H,30,36). The lowest BCUT2D eigenvalue weighted by atomic mass is 9.87. The number of carbonyl (C=O) groups excluding carboxylic acids is 1. The van der Waals surface area contributed by atoms with Crippen LogP contribution >= 0.6 is 0 Å². The molecular weight excluding hydrogens is 473 g/mol. The molecule has 0 bridgehead atoms. The number of halogens is 1. The summed E-state index contributed by atoms with van der Waals surface area (Å²) < 4.78 is 16.6. The van der Waals surface area contributed by atoms with E-state index in [2.05, 4.69) is 15.5 Å². The molecule has 37 heavy (non-hydrogen) atoms. The van der Waals surface area contributed by atoms with Gasteiger partial charge in [-0.25, -0.2) is 14.1 Å². The number of pyridine rings is 1. The fourth-order valence-corrected chi connectivity index (χ4v) is 4.38. The number of nitrogens with one attached hydrogen (secondary N) is 1. The average molecular weight is 504 g/mol. The second-order valence-electron chi connectivity index (χ2n) is 10.2. The van der Waals surface area contributed by atoms with Gasteiger partial charge in [-0.2, -0.15) is 10.2 Å². The molecule has 1 amide bonds. The molecule has 1 aliphatic rings. The summed E-state index contributed by atoms with van der Waals surface area (Å²) in [5.74, 6) is -0.272. The number of hydrogen-bond donors (Lipinski definition) is 3. The molecule has 1 saturated carbocycles. The number of aromatic nitrogens is 5. The molecule has 1 atom stereocenters. The summed E-state index contributed by atoms with van der Waals surface area (Å²) in [6.45, 7) is 3.71. The van der Waals surface area contributed by atoms with E-state index < -0.39 is 11.1 Å². The largest absolute Gasteiger partial charge is 0.381 e. The van der Waals surface area contributed by atoms with E-state index in [4.69, 9.17) is 10.7 Å². The summed E-state index contributed by atoms with van der Waals surface area (Å²) in [7, 11) is 1.68. The first-order valence-electron chi connectivity index (χ1n) is 12.2. The summed E-state index contributed by atoms with van der Waals surface area (Å²) in [6, 6.07) is 13.1. The Morgan fingerprint density at radius 2 is 1.95 bits per heavy atom. The SMILES string of the molecule is Cn1nc(-n2cccn2)cc1C(=O)NCC(O)(c1cc(C(C)(C)N)cc(-c2ccc(F)cc2)n1)C1CC1. The minimum atomic E-state index is -1.41. The van der Waals surface area contributed by atoms with Crippen LogP contribution in [0.5, 0.6) is 0 Å². The van der Waals surface area contributed by atoms with E-state index in [1.807, 2.05) is 19.9 Å². The Kier molecular flexibility index (Phi) is 6.17. The molecule has 0 saturated heterocycles. The maximum absolute atomic E-state index is 13.5. The number of amides is 1. The van der Waals surface area contributed by atoms with Crippen molar-refractivity contribution in [2.24, 2.45) is 18.7 Å². The maximum Gasteiger partial charge on any atom is 0.269 e. The van der Waals surface area contributed by atoms with E-state index in [0.29, 0.717) is 28.5 Å². The Hall–Kier alpha value is -3.89. The van der Waals surface area contributed by atoms with Gasteiger partial charge in [0, 0.05) is 36.6 Å². The van der Waals surface area contributed by atoms with Gasteiger partial charge in [-0.1, -0.05) is 0 Å². The van der Waals surface area contributed by atoms with Crippen molar-refractivity contribution in [1.82, 2.24) is 29.9 Å². The molecule has 192 valence electrons. The lowest BCUT2D eigenvalue weighted by Crippen LogP contribution is -2.44. The third-order valence-electron chi connectivity index (χ3n) is 6.76. The zero-order valence-electron chi connectivity index (χ0n) is 21.0. The Balaban J connectivity index is 1.46. The van der Waals surface area contributed by atoms with Crippen LogP contribution in [0.4, 0.5) is 4.39 Å². The van der Waals surface area contributed by atoms with Crippen molar-refractivity contribution >= 4 is 5.91 Å². The van der Waals surface area contributed by atoms with Crippen molar-refractivity contribution in [3.8, 4) is 17.1 Å². The fourth-order valence-electron chi connectivity index (χ4n) is 4.38. The molecule has 1 unspecified atom stereocenters. The number of benzene rings is 1. The van der Waals surface area contributed by atoms with Crippen LogP contribution in [0.3, 0.4) is 0 Å². The fraction of sp³-hybridized carbons (Fsp3) is 0.333. The smallest absolute Gasteiger partial charge is 0.269 e. The zero-order chi connectivity index (χ0) is 26.4. The van der Waals surface area contributed by atoms with E-state index in [1.165, 1.54) is 16.8 Å². The molecule has 4 aromatic rings. The van der Waals surface area contributed by atoms with Gasteiger partial charge in [0.2, 0.25) is 0 Å². The summed E-state index contributed by atoms with van der Waals surface area (Å²) >= 11 is 0. The van der Waals surface area contributed by atoms with Gasteiger partial charge in [0.05, 0.1) is 17.9 Å². The first-order chi connectivity index (χ1) is 17.5. The lowest BCUT2D eigenvalue weighted by molar-refractivity contribution is 0.00935. The zero-order valence-corrected chi connectivity index (χ0v) is 21.0. The van der Waals surface area contributed by atoms with Crippen LogP contribution in [0.15, 0.2) is 60.9 Å². The van der Waals surface area contributed by atoms with Crippen LogP contribution in [-0.4, -0.2) is 42.1 Å². The predicted molar refractivity (Wildman–Crippen MR) is 136 cm³/mol. The molecule has 3 aromatic heterocycles. The molecule has 10 heteroatoms. The second-order valence-corrected chi connectivity index (χ2v) is 10.2. The van der Waals surface area contributed by atoms with Crippen molar-refractivity contribution < 1.29 is 14.3 Å². The van der Waals surface area contributed by atoms with Crippen LogP contribution in [-0.2, 0) is 18.2 Å². The molecule has 9 nitrogen and oxygen atoms in total. The molecule has 1 fully saturated rings. The van der Waals surface area contributed by atoms with Gasteiger partial charge in [-0.15, -0.1) is 0 Å². The van der Waals surface area contributed by atoms with Gasteiger partial charge in [-0.05, 0) is 80.6 Å². The van der Waals surface area contributed by atoms with Crippen LogP contribution in [0.1, 0.15) is 48.4 Å². The Morgan fingerprint density at radius 3 is 2.57 bits per heavy atom. The number of carbonyl (C=O) groups is 1. The molecule has 1 aliphatic carbocycles. The van der Waals surface area contributed by atoms with Gasteiger partial charge >= 0.3 is 0 Å². The topological polar surface area (TPSA) is 124 Å². The maximum atomic E-state index is 13.5. The quantitative estimate of drug-likeness (QED) is 0.340. The van der Waals surface area contributed by atoms with Crippen LogP contribution < -0.4 is 11.1 Å². The summed E-state index contributed by atoms with van der Waals surface area (Å²) in [6.07, 6.45) is 5.00. The Bertz CT molecular complexity index is 1420. The van der Waals surface area contributed by atoms with Crippen molar-refractivity contribution in [3.63, 3.8) is 0 Å². The molecule has 0 aliphatic heterocycles. The molecular formula is C27H30FN7O2. The van der Waals surface area contributed by atoms with Crippen molar-refractivity contribution in [2.45, 2.75) is 37.8 Å². The molecule has 3 heterocycles. The van der Waals surface area contributed by atoms with E-state index in [0.717, 1.165) is 18.4 Å². The molecule has 0 spiro atoms. The Morgan fingerprint density at radius 1 is 1.22 bits per heavy atom. The first-order valence-corrected chi connectivity index (χ1v) is 12.2. The van der Waals surface area contributed by atoms with Gasteiger partial charge < -0.3 is 16.2 Å². The minimum Gasteiger partial charge on any atom is -0.381 e. The number of nitrogens with two attached hydrogens (primary N) is 1. The lowest BCUT2D eigenvalue weighted by Gasteiger charge is -2.30. The van der Waals surface area contributed by atoms with Crippen LogP contribution in [0.25, 0.3) is 17.1 Å². The third-order valence-corrected chi connectivity index (χ3v) is 6.76. The second kappa shape index (κ2) is 9.20. The predicted octanol–water partition coefficient (Wildman–Crippen LogP) is 3.03. The van der Waals surface area contributed by atoms with E-state index in [9.17, 15) is 14.3 Å². The number of aryl methyl sites for hydroxylation is 1. The highest BCUT2D eigenvalue weighted by molar-refractivity contribution is 5.93. The molecule has 5 rings (SSSR count). The highest BCUT2D eigenvalue weighted by Gasteiger charge is 2.47. The number of hydrogen-bond acceptors (Lipinski definition) is 6. The van der Waals surface area contributed by atoms with E-state index in [1.54, 1.807) is 54.5 Å². The normalized spacial score (nSPS) is 15.4. The Labute approximate surface area is 214 Å². The number of rotatable bonds is 8. The van der Waals surface area contributed by atoms with Gasteiger partial charge in [0.25, 0.3) is 5.91 Å². The highest BCUT2D eigenvalue weighted by atomic mass is 19.1. The van der Waals surface area contributed by atoms with Crippen molar-refractivity contribution in [2.75, 3.05) is 6.54 Å². The van der Waals surface area contributed by atoms with Crippen molar-refractivity contribution in [1.29, 1.82) is 0 Å². The number of aliphatic hydroxyl groups is 1. The number of nitrogens with zero attached hydrogens (tertiary/aromatic N) is 5. The molecule has 1 aromatic carbocycles. The minimum absolute atomic E-state index is 0.0386. The molecule has 4 N–H and O–H groups in total. The van der Waals surface area contributed by atoms with Crippen LogP contribution in [0, 0.1) is 11.7 Å². The van der Waals surface area contributed by atoms with Crippen LogP contribution in [0.2, 0.25) is 0 Å². The third kappa shape index (κ3) is 5.03. The average Bonchev–Trinajstić information content (AvgIpc) is 3.44. The van der Waals surface area contributed by atoms with Gasteiger partial charge in [0.15, 0.2) is 5.82 Å². The van der Waals surface area contributed by atoms with E-state index >= 15 is 0 Å². The van der Waals surface area contributed by atoms with Gasteiger partial charge in [-0.3, -0.25) is 9.48 Å². The monoisotopic (exact) mass is 503 g/mol. The molecule has 0 radical (unpaired) electrons. The summed E-state index contributed by atoms with van der Waals surface area (Å²) in [4.78, 5) is 17.9. The summed E-state index contributed by atoms with van der Waals surface area (Å²) in [5.41, 5.74) is 7.13. The van der Waals surface area contributed by atoms with Gasteiger partial charge in [0.1, 0.15) is 17.1 Å².